The van der Waals surface area contributed by atoms with Gasteiger partial charge in [-0.25, -0.2) is 4.98 Å². The van der Waals surface area contributed by atoms with Crippen molar-refractivity contribution in [3.8, 4) is 0 Å². The van der Waals surface area contributed by atoms with Gasteiger partial charge in [0.1, 0.15) is 0 Å². The van der Waals surface area contributed by atoms with Crippen LogP contribution in [0.1, 0.15) is 36.9 Å². The van der Waals surface area contributed by atoms with Gasteiger partial charge in [-0.05, 0) is 25.7 Å². The zero-order chi connectivity index (χ0) is 14.9. The zero-order valence-electron chi connectivity index (χ0n) is 12.7. The highest BCUT2D eigenvalue weighted by Gasteiger charge is 2.19. The molecule has 22 heavy (non-hydrogen) atoms. The Kier molecular flexibility index (Phi) is 3.57. The number of rotatable bonds is 1. The molecule has 0 atom stereocenters. The van der Waals surface area contributed by atoms with E-state index in [2.05, 4.69) is 20.0 Å². The first-order chi connectivity index (χ1) is 10.8. The van der Waals surface area contributed by atoms with Gasteiger partial charge < -0.3 is 9.64 Å². The lowest BCUT2D eigenvalue weighted by molar-refractivity contribution is 0.122. The molecular formula is C15H21N5O2. The van der Waals surface area contributed by atoms with E-state index in [1.165, 1.54) is 17.4 Å². The van der Waals surface area contributed by atoms with Gasteiger partial charge in [-0.1, -0.05) is 12.8 Å². The molecule has 0 spiro atoms. The Labute approximate surface area is 128 Å². The molecular weight excluding hydrogens is 282 g/mol. The lowest BCUT2D eigenvalue weighted by Gasteiger charge is -2.25. The minimum absolute atomic E-state index is 0.0221. The Hall–Kier alpha value is -1.89. The first-order valence-corrected chi connectivity index (χ1v) is 8.16. The molecule has 1 fully saturated rings. The molecule has 2 aromatic rings. The number of aromatic nitrogens is 4. The third-order valence-electron chi connectivity index (χ3n) is 4.56. The minimum atomic E-state index is 0.0221. The van der Waals surface area contributed by atoms with Gasteiger partial charge in [0, 0.05) is 18.7 Å². The zero-order valence-corrected chi connectivity index (χ0v) is 12.7. The van der Waals surface area contributed by atoms with Crippen LogP contribution in [0.3, 0.4) is 0 Å². The second-order valence-corrected chi connectivity index (χ2v) is 6.04. The molecule has 0 saturated carbocycles. The van der Waals surface area contributed by atoms with E-state index in [9.17, 15) is 4.79 Å². The van der Waals surface area contributed by atoms with Crippen LogP contribution in [0.4, 0.5) is 5.95 Å². The van der Waals surface area contributed by atoms with Crippen molar-refractivity contribution in [3.05, 3.63) is 21.6 Å². The second-order valence-electron chi connectivity index (χ2n) is 6.04. The van der Waals surface area contributed by atoms with Crippen molar-refractivity contribution < 1.29 is 4.74 Å². The molecule has 1 saturated heterocycles. The topological polar surface area (TPSA) is 75.5 Å². The van der Waals surface area contributed by atoms with Gasteiger partial charge in [0.05, 0.1) is 18.9 Å². The van der Waals surface area contributed by atoms with Crippen molar-refractivity contribution >= 4 is 11.7 Å². The summed E-state index contributed by atoms with van der Waals surface area (Å²) in [5.41, 5.74) is 1.84. The summed E-state index contributed by atoms with van der Waals surface area (Å²) in [5.74, 6) is 1.21. The third kappa shape index (κ3) is 2.39. The third-order valence-corrected chi connectivity index (χ3v) is 4.56. The maximum absolute atomic E-state index is 12.7. The van der Waals surface area contributed by atoms with E-state index in [1.807, 2.05) is 0 Å². The Balaban J connectivity index is 1.78. The van der Waals surface area contributed by atoms with Gasteiger partial charge in [-0.15, -0.1) is 0 Å². The predicted octanol–water partition coefficient (Wildman–Crippen LogP) is 0.913. The Morgan fingerprint density at radius 2 is 1.77 bits per heavy atom. The van der Waals surface area contributed by atoms with Crippen LogP contribution in [0.2, 0.25) is 0 Å². The van der Waals surface area contributed by atoms with Crippen molar-refractivity contribution in [2.24, 2.45) is 0 Å². The molecule has 0 aromatic carbocycles. The highest BCUT2D eigenvalue weighted by molar-refractivity contribution is 5.41. The molecule has 7 heteroatoms. The smallest absolute Gasteiger partial charge is 0.277 e. The predicted molar refractivity (Wildman–Crippen MR) is 82.5 cm³/mol. The van der Waals surface area contributed by atoms with Crippen LogP contribution in [0.25, 0.3) is 5.78 Å². The fourth-order valence-corrected chi connectivity index (χ4v) is 3.31. The summed E-state index contributed by atoms with van der Waals surface area (Å²) < 4.78 is 6.87. The number of fused-ring (bicyclic) bond motifs is 2. The van der Waals surface area contributed by atoms with Crippen LogP contribution in [0.15, 0.2) is 4.79 Å². The van der Waals surface area contributed by atoms with Gasteiger partial charge in [-0.3, -0.25) is 9.89 Å². The highest BCUT2D eigenvalue weighted by Crippen LogP contribution is 2.17. The van der Waals surface area contributed by atoms with E-state index in [0.717, 1.165) is 50.0 Å². The molecule has 3 heterocycles. The van der Waals surface area contributed by atoms with Crippen molar-refractivity contribution in [1.82, 2.24) is 19.6 Å². The van der Waals surface area contributed by atoms with E-state index in [-0.39, 0.29) is 5.56 Å². The number of nitrogens with zero attached hydrogens (tertiary/aromatic N) is 4. The van der Waals surface area contributed by atoms with Crippen molar-refractivity contribution in [2.75, 3.05) is 31.2 Å². The van der Waals surface area contributed by atoms with Gasteiger partial charge in [0.15, 0.2) is 0 Å². The molecule has 0 unspecified atom stereocenters. The summed E-state index contributed by atoms with van der Waals surface area (Å²) in [6, 6.07) is 0. The maximum atomic E-state index is 12.7. The number of aryl methyl sites for hydroxylation is 1. The SMILES string of the molecule is O=c1c2c(nc3nc(N4CCOCC4)[nH]n13)CCCCCC2. The fourth-order valence-electron chi connectivity index (χ4n) is 3.31. The lowest BCUT2D eigenvalue weighted by atomic mass is 9.98. The van der Waals surface area contributed by atoms with Crippen molar-refractivity contribution in [2.45, 2.75) is 38.5 Å². The van der Waals surface area contributed by atoms with Crippen LogP contribution in [0.5, 0.6) is 0 Å². The van der Waals surface area contributed by atoms with E-state index >= 15 is 0 Å². The number of hydrogen-bond acceptors (Lipinski definition) is 5. The molecule has 1 aliphatic carbocycles. The molecule has 2 aliphatic rings. The number of H-pyrrole nitrogens is 1. The Bertz CT molecular complexity index is 729. The van der Waals surface area contributed by atoms with Crippen LogP contribution >= 0.6 is 0 Å². The van der Waals surface area contributed by atoms with Gasteiger partial charge in [0.2, 0.25) is 5.95 Å². The lowest BCUT2D eigenvalue weighted by Crippen LogP contribution is -2.37. The normalized spacial score (nSPS) is 19.7. The summed E-state index contributed by atoms with van der Waals surface area (Å²) in [4.78, 5) is 24.0. The quantitative estimate of drug-likeness (QED) is 0.847. The second kappa shape index (κ2) is 5.72. The van der Waals surface area contributed by atoms with E-state index in [4.69, 9.17) is 4.74 Å². The summed E-state index contributed by atoms with van der Waals surface area (Å²) in [6.45, 7) is 2.95. The average Bonchev–Trinajstić information content (AvgIpc) is 2.95. The van der Waals surface area contributed by atoms with Crippen LogP contribution < -0.4 is 10.5 Å². The summed E-state index contributed by atoms with van der Waals surface area (Å²) >= 11 is 0. The number of aromatic amines is 1. The molecule has 7 nitrogen and oxygen atoms in total. The van der Waals surface area contributed by atoms with Crippen LogP contribution in [-0.4, -0.2) is 45.9 Å². The molecule has 0 amide bonds. The number of hydrogen-bond donors (Lipinski definition) is 1. The van der Waals surface area contributed by atoms with Crippen molar-refractivity contribution in [1.29, 1.82) is 0 Å². The molecule has 4 rings (SSSR count). The standard InChI is InChI=1S/C15H21N5O2/c21-13-11-5-3-1-2-4-6-12(11)16-14-17-15(18-20(13)14)19-7-9-22-10-8-19/h1-10H2,(H,16,17,18). The largest absolute Gasteiger partial charge is 0.378 e. The van der Waals surface area contributed by atoms with Crippen LogP contribution in [0, 0.1) is 0 Å². The van der Waals surface area contributed by atoms with Gasteiger partial charge >= 0.3 is 0 Å². The summed E-state index contributed by atoms with van der Waals surface area (Å²) in [5, 5.41) is 3.12. The number of ether oxygens (including phenoxy) is 1. The maximum Gasteiger partial charge on any atom is 0.277 e. The number of nitrogens with one attached hydrogen (secondary N) is 1. The first kappa shape index (κ1) is 13.8. The summed E-state index contributed by atoms with van der Waals surface area (Å²) in [6.07, 6.45) is 6.32. The molecule has 1 aliphatic heterocycles. The average molecular weight is 303 g/mol. The Morgan fingerprint density at radius 3 is 2.59 bits per heavy atom. The van der Waals surface area contributed by atoms with E-state index < -0.39 is 0 Å². The fraction of sp³-hybridized carbons (Fsp3) is 0.667. The van der Waals surface area contributed by atoms with Gasteiger partial charge in [0.25, 0.3) is 11.3 Å². The van der Waals surface area contributed by atoms with Gasteiger partial charge in [-0.2, -0.15) is 9.50 Å². The molecule has 1 N–H and O–H groups in total. The molecule has 2 aromatic heterocycles. The first-order valence-electron chi connectivity index (χ1n) is 8.16. The van der Waals surface area contributed by atoms with E-state index in [1.54, 1.807) is 0 Å². The molecule has 0 bridgehead atoms. The molecule has 118 valence electrons. The highest BCUT2D eigenvalue weighted by atomic mass is 16.5. The minimum Gasteiger partial charge on any atom is -0.378 e. The van der Waals surface area contributed by atoms with Crippen LogP contribution in [-0.2, 0) is 17.6 Å². The Morgan fingerprint density at radius 1 is 1.00 bits per heavy atom. The number of anilines is 1. The molecule has 0 radical (unpaired) electrons. The van der Waals surface area contributed by atoms with Crippen molar-refractivity contribution in [3.63, 3.8) is 0 Å². The van der Waals surface area contributed by atoms with E-state index in [0.29, 0.717) is 24.9 Å². The number of morpholine rings is 1. The monoisotopic (exact) mass is 303 g/mol. The summed E-state index contributed by atoms with van der Waals surface area (Å²) in [7, 11) is 0.